The van der Waals surface area contributed by atoms with Crippen molar-refractivity contribution in [1.29, 1.82) is 0 Å². The molecule has 0 saturated carbocycles. The van der Waals surface area contributed by atoms with E-state index in [2.05, 4.69) is 19.2 Å². The summed E-state index contributed by atoms with van der Waals surface area (Å²) in [4.78, 5) is 22.9. The maximum Gasteiger partial charge on any atom is 0.371 e. The Balaban J connectivity index is 1.92. The smallest absolute Gasteiger partial charge is 0.371 e. The Morgan fingerprint density at radius 3 is 2.48 bits per heavy atom. The van der Waals surface area contributed by atoms with Crippen LogP contribution in [-0.2, 0) is 14.8 Å². The monoisotopic (exact) mass is 372 g/mol. The SMILES string of the molecule is CC(C)CCNC(=O)C1CCN(S(=O)(=O)c2ccc(C(=O)O)o2)CC1. The van der Waals surface area contributed by atoms with Crippen LogP contribution in [0.15, 0.2) is 21.6 Å². The van der Waals surface area contributed by atoms with E-state index >= 15 is 0 Å². The number of carbonyl (C=O) groups excluding carboxylic acids is 1. The number of carbonyl (C=O) groups is 2. The second-order valence-corrected chi connectivity index (χ2v) is 8.44. The van der Waals surface area contributed by atoms with Gasteiger partial charge in [0.2, 0.25) is 16.8 Å². The zero-order valence-corrected chi connectivity index (χ0v) is 15.2. The van der Waals surface area contributed by atoms with Crippen LogP contribution in [0.3, 0.4) is 0 Å². The van der Waals surface area contributed by atoms with Gasteiger partial charge in [-0.3, -0.25) is 4.79 Å². The Morgan fingerprint density at radius 1 is 1.32 bits per heavy atom. The van der Waals surface area contributed by atoms with Gasteiger partial charge in [-0.2, -0.15) is 4.31 Å². The molecular formula is C16H24N2O6S. The van der Waals surface area contributed by atoms with E-state index in [-0.39, 0.29) is 30.0 Å². The van der Waals surface area contributed by atoms with Crippen LogP contribution < -0.4 is 5.32 Å². The molecule has 1 amide bonds. The average Bonchev–Trinajstić information content (AvgIpc) is 3.05. The van der Waals surface area contributed by atoms with Crippen molar-refractivity contribution in [2.75, 3.05) is 19.6 Å². The number of sulfonamides is 1. The van der Waals surface area contributed by atoms with Crippen LogP contribution >= 0.6 is 0 Å². The highest BCUT2D eigenvalue weighted by molar-refractivity contribution is 7.89. The second-order valence-electron chi connectivity index (χ2n) is 6.58. The standard InChI is InChI=1S/C16H24N2O6S/c1-11(2)5-8-17-15(19)12-6-9-18(10-7-12)25(22,23)14-4-3-13(24-14)16(20)21/h3-4,11-12H,5-10H2,1-2H3,(H,17,19)(H,20,21). The van der Waals surface area contributed by atoms with Crippen molar-refractivity contribution in [3.8, 4) is 0 Å². The number of carboxylic acid groups (broad SMARTS) is 1. The van der Waals surface area contributed by atoms with Crippen molar-refractivity contribution < 1.29 is 27.5 Å². The third-order valence-corrected chi connectivity index (χ3v) is 6.00. The zero-order valence-electron chi connectivity index (χ0n) is 14.4. The van der Waals surface area contributed by atoms with Crippen LogP contribution in [0, 0.1) is 11.8 Å². The second kappa shape index (κ2) is 8.01. The molecule has 2 N–H and O–H groups in total. The molecule has 25 heavy (non-hydrogen) atoms. The molecule has 0 aliphatic carbocycles. The molecule has 1 aromatic heterocycles. The summed E-state index contributed by atoms with van der Waals surface area (Å²) in [7, 11) is -3.88. The minimum absolute atomic E-state index is 0.0381. The van der Waals surface area contributed by atoms with Crippen LogP contribution in [0.25, 0.3) is 0 Å². The van der Waals surface area contributed by atoms with Gasteiger partial charge >= 0.3 is 5.97 Å². The van der Waals surface area contributed by atoms with E-state index < -0.39 is 21.8 Å². The first-order chi connectivity index (χ1) is 11.7. The fraction of sp³-hybridized carbons (Fsp3) is 0.625. The average molecular weight is 372 g/mol. The van der Waals surface area contributed by atoms with E-state index in [0.717, 1.165) is 18.6 Å². The predicted molar refractivity (Wildman–Crippen MR) is 89.6 cm³/mol. The van der Waals surface area contributed by atoms with Gasteiger partial charge in [-0.1, -0.05) is 13.8 Å². The van der Waals surface area contributed by atoms with E-state index in [1.165, 1.54) is 4.31 Å². The summed E-state index contributed by atoms with van der Waals surface area (Å²) in [5.41, 5.74) is 0. The van der Waals surface area contributed by atoms with Crippen molar-refractivity contribution in [2.24, 2.45) is 11.8 Å². The molecule has 1 saturated heterocycles. The van der Waals surface area contributed by atoms with E-state index in [4.69, 9.17) is 9.52 Å². The number of nitrogens with one attached hydrogen (secondary N) is 1. The molecule has 0 bridgehead atoms. The lowest BCUT2D eigenvalue weighted by Gasteiger charge is -2.29. The first kappa shape index (κ1) is 19.5. The Kier molecular flexibility index (Phi) is 6.23. The van der Waals surface area contributed by atoms with Gasteiger partial charge in [0.15, 0.2) is 0 Å². The highest BCUT2D eigenvalue weighted by atomic mass is 32.2. The minimum atomic E-state index is -3.88. The molecule has 0 atom stereocenters. The maximum atomic E-state index is 12.5. The Hall–Kier alpha value is -1.87. The molecular weight excluding hydrogens is 348 g/mol. The Labute approximate surface area is 147 Å². The van der Waals surface area contributed by atoms with Crippen LogP contribution in [0.4, 0.5) is 0 Å². The van der Waals surface area contributed by atoms with E-state index in [1.54, 1.807) is 0 Å². The lowest BCUT2D eigenvalue weighted by Crippen LogP contribution is -2.43. The van der Waals surface area contributed by atoms with Crippen LogP contribution in [0.2, 0.25) is 0 Å². The summed E-state index contributed by atoms with van der Waals surface area (Å²) < 4.78 is 31.1. The summed E-state index contributed by atoms with van der Waals surface area (Å²) >= 11 is 0. The van der Waals surface area contributed by atoms with E-state index in [1.807, 2.05) is 0 Å². The highest BCUT2D eigenvalue weighted by Gasteiger charge is 2.34. The first-order valence-corrected chi connectivity index (χ1v) is 9.77. The zero-order chi connectivity index (χ0) is 18.6. The highest BCUT2D eigenvalue weighted by Crippen LogP contribution is 2.25. The van der Waals surface area contributed by atoms with Gasteiger partial charge in [-0.15, -0.1) is 0 Å². The fourth-order valence-corrected chi connectivity index (χ4v) is 4.07. The normalized spacial score (nSPS) is 16.9. The first-order valence-electron chi connectivity index (χ1n) is 8.32. The van der Waals surface area contributed by atoms with Crippen molar-refractivity contribution in [3.05, 3.63) is 17.9 Å². The molecule has 1 aliphatic heterocycles. The number of rotatable bonds is 7. The number of hydrogen-bond acceptors (Lipinski definition) is 5. The van der Waals surface area contributed by atoms with Crippen LogP contribution in [0.1, 0.15) is 43.7 Å². The van der Waals surface area contributed by atoms with Crippen molar-refractivity contribution in [2.45, 2.75) is 38.2 Å². The summed E-state index contributed by atoms with van der Waals surface area (Å²) in [6, 6.07) is 2.26. The Bertz CT molecular complexity index is 717. The maximum absolute atomic E-state index is 12.5. The summed E-state index contributed by atoms with van der Waals surface area (Å²) in [6.07, 6.45) is 1.77. The number of piperidine rings is 1. The van der Waals surface area contributed by atoms with Crippen molar-refractivity contribution in [1.82, 2.24) is 9.62 Å². The molecule has 2 rings (SSSR count). The lowest BCUT2D eigenvalue weighted by atomic mass is 9.97. The van der Waals surface area contributed by atoms with Gasteiger partial charge < -0.3 is 14.8 Å². The van der Waals surface area contributed by atoms with E-state index in [9.17, 15) is 18.0 Å². The number of carboxylic acids is 1. The predicted octanol–water partition coefficient (Wildman–Crippen LogP) is 1.54. The number of amides is 1. The number of nitrogens with zero attached hydrogens (tertiary/aromatic N) is 1. The molecule has 1 aliphatic rings. The van der Waals surface area contributed by atoms with Crippen LogP contribution in [-0.4, -0.2) is 49.3 Å². The molecule has 2 heterocycles. The molecule has 0 radical (unpaired) electrons. The van der Waals surface area contributed by atoms with Gasteiger partial charge in [0.25, 0.3) is 10.0 Å². The third-order valence-electron chi connectivity index (χ3n) is 4.23. The quantitative estimate of drug-likeness (QED) is 0.750. The molecule has 0 unspecified atom stereocenters. The van der Waals surface area contributed by atoms with Gasteiger partial charge in [-0.05, 0) is 37.3 Å². The molecule has 1 fully saturated rings. The molecule has 0 aromatic carbocycles. The van der Waals surface area contributed by atoms with Crippen molar-refractivity contribution in [3.63, 3.8) is 0 Å². The molecule has 9 heteroatoms. The van der Waals surface area contributed by atoms with Gasteiger partial charge in [0, 0.05) is 25.6 Å². The van der Waals surface area contributed by atoms with E-state index in [0.29, 0.717) is 25.3 Å². The molecule has 1 aromatic rings. The summed E-state index contributed by atoms with van der Waals surface area (Å²) in [6.45, 7) is 5.20. The van der Waals surface area contributed by atoms with Gasteiger partial charge in [0.05, 0.1) is 0 Å². The molecule has 8 nitrogen and oxygen atoms in total. The Morgan fingerprint density at radius 2 is 1.96 bits per heavy atom. The summed E-state index contributed by atoms with van der Waals surface area (Å²) in [5.74, 6) is -1.47. The number of furan rings is 1. The summed E-state index contributed by atoms with van der Waals surface area (Å²) in [5, 5.41) is 11.3. The van der Waals surface area contributed by atoms with Gasteiger partial charge in [-0.25, -0.2) is 13.2 Å². The fourth-order valence-electron chi connectivity index (χ4n) is 2.69. The third kappa shape index (κ3) is 4.82. The number of aromatic carboxylic acids is 1. The van der Waals surface area contributed by atoms with Gasteiger partial charge in [0.1, 0.15) is 0 Å². The topological polar surface area (TPSA) is 117 Å². The molecule has 140 valence electrons. The minimum Gasteiger partial charge on any atom is -0.475 e. The number of hydrogen-bond donors (Lipinski definition) is 2. The molecule has 0 spiro atoms. The van der Waals surface area contributed by atoms with Crippen molar-refractivity contribution >= 4 is 21.9 Å². The van der Waals surface area contributed by atoms with Crippen LogP contribution in [0.5, 0.6) is 0 Å². The largest absolute Gasteiger partial charge is 0.475 e. The lowest BCUT2D eigenvalue weighted by molar-refractivity contribution is -0.126.